The lowest BCUT2D eigenvalue weighted by Gasteiger charge is -2.15. The van der Waals surface area contributed by atoms with Gasteiger partial charge in [0, 0.05) is 35.2 Å². The van der Waals surface area contributed by atoms with Crippen molar-refractivity contribution < 1.29 is 9.53 Å². The van der Waals surface area contributed by atoms with Crippen molar-refractivity contribution >= 4 is 23.0 Å². The smallest absolute Gasteiger partial charge is 0.277 e. The SMILES string of the molecule is Cc1cc(C)c(OCC(=O)N/N=C/c2ccc3[nH]ccc3c2)c(-c2cccnc2)c1. The van der Waals surface area contributed by atoms with E-state index in [1.54, 1.807) is 18.6 Å². The average Bonchev–Trinajstić information content (AvgIpc) is 3.21. The Hall–Kier alpha value is -3.93. The summed E-state index contributed by atoms with van der Waals surface area (Å²) in [6.07, 6.45) is 7.01. The van der Waals surface area contributed by atoms with Crippen molar-refractivity contribution in [3.63, 3.8) is 0 Å². The van der Waals surface area contributed by atoms with E-state index in [0.29, 0.717) is 5.75 Å². The number of nitrogens with one attached hydrogen (secondary N) is 2. The van der Waals surface area contributed by atoms with Crippen LogP contribution in [0, 0.1) is 13.8 Å². The maximum Gasteiger partial charge on any atom is 0.277 e. The van der Waals surface area contributed by atoms with Gasteiger partial charge in [-0.15, -0.1) is 0 Å². The van der Waals surface area contributed by atoms with Crippen molar-refractivity contribution in [1.82, 2.24) is 15.4 Å². The maximum atomic E-state index is 12.2. The number of aromatic nitrogens is 2. The highest BCUT2D eigenvalue weighted by molar-refractivity contribution is 5.89. The van der Waals surface area contributed by atoms with Crippen LogP contribution in [0.2, 0.25) is 0 Å². The molecule has 6 heteroatoms. The van der Waals surface area contributed by atoms with Gasteiger partial charge in [-0.2, -0.15) is 5.10 Å². The number of carbonyl (C=O) groups is 1. The van der Waals surface area contributed by atoms with Crippen LogP contribution in [0.3, 0.4) is 0 Å². The van der Waals surface area contributed by atoms with Gasteiger partial charge in [-0.05, 0) is 66.3 Å². The van der Waals surface area contributed by atoms with Crippen LogP contribution >= 0.6 is 0 Å². The summed E-state index contributed by atoms with van der Waals surface area (Å²) in [6.45, 7) is 3.86. The number of hydrogen-bond acceptors (Lipinski definition) is 4. The summed E-state index contributed by atoms with van der Waals surface area (Å²) >= 11 is 0. The van der Waals surface area contributed by atoms with E-state index >= 15 is 0 Å². The van der Waals surface area contributed by atoms with Gasteiger partial charge in [0.25, 0.3) is 5.91 Å². The fourth-order valence-electron chi connectivity index (χ4n) is 3.38. The highest BCUT2D eigenvalue weighted by Crippen LogP contribution is 2.33. The number of aromatic amines is 1. The zero-order valence-electron chi connectivity index (χ0n) is 16.8. The zero-order chi connectivity index (χ0) is 20.9. The second kappa shape index (κ2) is 8.61. The quantitative estimate of drug-likeness (QED) is 0.374. The van der Waals surface area contributed by atoms with Gasteiger partial charge in [0.15, 0.2) is 6.61 Å². The Morgan fingerprint density at radius 2 is 2.10 bits per heavy atom. The summed E-state index contributed by atoms with van der Waals surface area (Å²) < 4.78 is 5.87. The minimum atomic E-state index is -0.328. The Morgan fingerprint density at radius 3 is 2.93 bits per heavy atom. The van der Waals surface area contributed by atoms with Crippen molar-refractivity contribution in [2.45, 2.75) is 13.8 Å². The summed E-state index contributed by atoms with van der Waals surface area (Å²) in [7, 11) is 0. The molecule has 0 aliphatic carbocycles. The molecule has 0 saturated heterocycles. The van der Waals surface area contributed by atoms with Gasteiger partial charge in [-0.3, -0.25) is 9.78 Å². The van der Waals surface area contributed by atoms with Crippen LogP contribution in [0.25, 0.3) is 22.0 Å². The number of carbonyl (C=O) groups excluding carboxylic acids is 1. The van der Waals surface area contributed by atoms with Gasteiger partial charge in [0.1, 0.15) is 5.75 Å². The number of benzene rings is 2. The number of ether oxygens (including phenoxy) is 1. The van der Waals surface area contributed by atoms with Crippen molar-refractivity contribution in [2.75, 3.05) is 6.61 Å². The normalized spacial score (nSPS) is 11.1. The molecule has 0 atom stereocenters. The van der Waals surface area contributed by atoms with Crippen LogP contribution in [0.15, 0.2) is 72.2 Å². The molecule has 1 amide bonds. The molecule has 0 fully saturated rings. The third-order valence-corrected chi connectivity index (χ3v) is 4.72. The molecular weight excluding hydrogens is 376 g/mol. The number of pyridine rings is 1. The Kier molecular flexibility index (Phi) is 5.57. The molecule has 0 unspecified atom stereocenters. The third-order valence-electron chi connectivity index (χ3n) is 4.72. The molecule has 0 spiro atoms. The summed E-state index contributed by atoms with van der Waals surface area (Å²) in [6, 6.07) is 15.8. The monoisotopic (exact) mass is 398 g/mol. The molecule has 0 bridgehead atoms. The van der Waals surface area contributed by atoms with Gasteiger partial charge in [0.2, 0.25) is 0 Å². The molecule has 6 nitrogen and oxygen atoms in total. The number of fused-ring (bicyclic) bond motifs is 1. The van der Waals surface area contributed by atoms with E-state index < -0.39 is 0 Å². The van der Waals surface area contributed by atoms with Crippen molar-refractivity contribution in [1.29, 1.82) is 0 Å². The Balaban J connectivity index is 1.42. The highest BCUT2D eigenvalue weighted by Gasteiger charge is 2.12. The Morgan fingerprint density at radius 1 is 1.20 bits per heavy atom. The first-order chi connectivity index (χ1) is 14.6. The number of H-pyrrole nitrogens is 1. The van der Waals surface area contributed by atoms with Gasteiger partial charge in [-0.25, -0.2) is 5.43 Å². The van der Waals surface area contributed by atoms with Crippen molar-refractivity contribution in [2.24, 2.45) is 5.10 Å². The minimum absolute atomic E-state index is 0.134. The van der Waals surface area contributed by atoms with Crippen LogP contribution in [0.5, 0.6) is 5.75 Å². The second-order valence-corrected chi connectivity index (χ2v) is 7.11. The standard InChI is InChI=1S/C24H22N4O2/c1-16-10-17(2)24(21(11-16)20-4-3-8-25-14-20)30-15-23(29)28-27-13-18-5-6-22-19(12-18)7-9-26-22/h3-14,26H,15H2,1-2H3,(H,28,29)/b27-13+. The molecule has 0 aliphatic heterocycles. The minimum Gasteiger partial charge on any atom is -0.483 e. The maximum absolute atomic E-state index is 12.2. The van der Waals surface area contributed by atoms with Crippen LogP contribution in [-0.4, -0.2) is 28.7 Å². The Labute approximate surface area is 174 Å². The number of hydrogen-bond donors (Lipinski definition) is 2. The van der Waals surface area contributed by atoms with E-state index in [0.717, 1.165) is 38.7 Å². The second-order valence-electron chi connectivity index (χ2n) is 7.11. The molecule has 2 heterocycles. The van der Waals surface area contributed by atoms with E-state index in [9.17, 15) is 4.79 Å². The molecule has 2 aromatic carbocycles. The first-order valence-electron chi connectivity index (χ1n) is 9.63. The summed E-state index contributed by atoms with van der Waals surface area (Å²) in [4.78, 5) is 19.6. The molecule has 0 radical (unpaired) electrons. The first-order valence-corrected chi connectivity index (χ1v) is 9.63. The summed E-state index contributed by atoms with van der Waals surface area (Å²) in [5, 5.41) is 5.13. The molecule has 2 N–H and O–H groups in total. The largest absolute Gasteiger partial charge is 0.483 e. The number of nitrogens with zero attached hydrogens (tertiary/aromatic N) is 2. The zero-order valence-corrected chi connectivity index (χ0v) is 16.8. The Bertz CT molecular complexity index is 1210. The fraction of sp³-hybridized carbons (Fsp3) is 0.125. The van der Waals surface area contributed by atoms with Gasteiger partial charge in [0.05, 0.1) is 6.21 Å². The van der Waals surface area contributed by atoms with E-state index in [-0.39, 0.29) is 12.5 Å². The number of aryl methyl sites for hydroxylation is 2. The van der Waals surface area contributed by atoms with Gasteiger partial charge >= 0.3 is 0 Å². The predicted octanol–water partition coefficient (Wildman–Crippen LogP) is 4.38. The van der Waals surface area contributed by atoms with Gasteiger partial charge < -0.3 is 9.72 Å². The van der Waals surface area contributed by atoms with Crippen LogP contribution in [0.1, 0.15) is 16.7 Å². The highest BCUT2D eigenvalue weighted by atomic mass is 16.5. The van der Waals surface area contributed by atoms with E-state index in [1.807, 2.05) is 68.6 Å². The molecule has 4 aromatic rings. The first kappa shape index (κ1) is 19.4. The molecule has 30 heavy (non-hydrogen) atoms. The number of rotatable bonds is 6. The predicted molar refractivity (Wildman–Crippen MR) is 119 cm³/mol. The van der Waals surface area contributed by atoms with Crippen LogP contribution in [0.4, 0.5) is 0 Å². The molecule has 0 saturated carbocycles. The summed E-state index contributed by atoms with van der Waals surface area (Å²) in [5.74, 6) is 0.344. The van der Waals surface area contributed by atoms with Crippen LogP contribution < -0.4 is 10.2 Å². The lowest BCUT2D eigenvalue weighted by Crippen LogP contribution is -2.25. The molecule has 4 rings (SSSR count). The van der Waals surface area contributed by atoms with E-state index in [2.05, 4.69) is 20.5 Å². The topological polar surface area (TPSA) is 79.4 Å². The molecule has 2 aromatic heterocycles. The molecule has 150 valence electrons. The molecular formula is C24H22N4O2. The van der Waals surface area contributed by atoms with Crippen molar-refractivity contribution in [3.05, 3.63) is 83.8 Å². The lowest BCUT2D eigenvalue weighted by molar-refractivity contribution is -0.123. The molecule has 0 aliphatic rings. The summed E-state index contributed by atoms with van der Waals surface area (Å²) in [5.41, 5.74) is 8.41. The van der Waals surface area contributed by atoms with E-state index in [4.69, 9.17) is 4.74 Å². The van der Waals surface area contributed by atoms with E-state index in [1.165, 1.54) is 0 Å². The number of amides is 1. The van der Waals surface area contributed by atoms with Gasteiger partial charge in [-0.1, -0.05) is 18.2 Å². The van der Waals surface area contributed by atoms with Crippen LogP contribution in [-0.2, 0) is 4.79 Å². The third kappa shape index (κ3) is 4.38. The fourth-order valence-corrected chi connectivity index (χ4v) is 3.38. The lowest BCUT2D eigenvalue weighted by atomic mass is 10.0. The van der Waals surface area contributed by atoms with Crippen molar-refractivity contribution in [3.8, 4) is 16.9 Å². The number of hydrazone groups is 1. The average molecular weight is 398 g/mol.